The minimum absolute atomic E-state index is 0.291. The van der Waals surface area contributed by atoms with E-state index in [9.17, 15) is 14.7 Å². The zero-order valence-electron chi connectivity index (χ0n) is 13.2. The maximum atomic E-state index is 11.8. The Morgan fingerprint density at radius 1 is 1.45 bits per heavy atom. The molecule has 1 N–H and O–H groups in total. The number of rotatable bonds is 1. The van der Waals surface area contributed by atoms with Crippen molar-refractivity contribution < 1.29 is 24.2 Å². The van der Waals surface area contributed by atoms with Gasteiger partial charge in [0.1, 0.15) is 12.2 Å². The van der Waals surface area contributed by atoms with Crippen molar-refractivity contribution in [2.24, 2.45) is 5.92 Å². The van der Waals surface area contributed by atoms with E-state index in [2.05, 4.69) is 6.58 Å². The molecule has 2 rings (SSSR count). The first kappa shape index (κ1) is 16.5. The number of hydrogen-bond acceptors (Lipinski definition) is 5. The lowest BCUT2D eigenvalue weighted by Crippen LogP contribution is -2.30. The molecule has 4 unspecified atom stereocenters. The van der Waals surface area contributed by atoms with Gasteiger partial charge in [-0.2, -0.15) is 0 Å². The summed E-state index contributed by atoms with van der Waals surface area (Å²) in [6.45, 7) is 8.85. The summed E-state index contributed by atoms with van der Waals surface area (Å²) in [5.74, 6) is -1.31. The van der Waals surface area contributed by atoms with E-state index >= 15 is 0 Å². The third-order valence-electron chi connectivity index (χ3n) is 4.13. The van der Waals surface area contributed by atoms with Gasteiger partial charge in [-0.05, 0) is 31.9 Å². The molecule has 0 radical (unpaired) electrons. The van der Waals surface area contributed by atoms with E-state index in [4.69, 9.17) is 9.47 Å². The number of carbonyl (C=O) groups excluding carboxylic acids is 2. The molecule has 0 bridgehead atoms. The fourth-order valence-corrected chi connectivity index (χ4v) is 2.94. The fraction of sp³-hybridized carbons (Fsp3) is 0.529. The maximum Gasteiger partial charge on any atom is 0.334 e. The Hall–Kier alpha value is -1.88. The van der Waals surface area contributed by atoms with Gasteiger partial charge >= 0.3 is 11.9 Å². The third kappa shape index (κ3) is 3.47. The third-order valence-corrected chi connectivity index (χ3v) is 4.13. The summed E-state index contributed by atoms with van der Waals surface area (Å²) in [5, 5.41) is 10.4. The Bertz CT molecular complexity index is 557. The summed E-state index contributed by atoms with van der Waals surface area (Å²) in [6.07, 6.45) is 2.98. The number of aliphatic hydroxyl groups is 1. The van der Waals surface area contributed by atoms with Gasteiger partial charge in [-0.25, -0.2) is 4.79 Å². The van der Waals surface area contributed by atoms with Crippen molar-refractivity contribution >= 4 is 11.9 Å². The molecule has 5 nitrogen and oxygen atoms in total. The van der Waals surface area contributed by atoms with E-state index in [1.54, 1.807) is 6.08 Å². The highest BCUT2D eigenvalue weighted by atomic mass is 16.6. The van der Waals surface area contributed by atoms with Gasteiger partial charge in [0.25, 0.3) is 0 Å². The van der Waals surface area contributed by atoms with Crippen LogP contribution in [0, 0.1) is 5.92 Å². The Balaban J connectivity index is 2.37. The second-order valence-electron chi connectivity index (χ2n) is 5.99. The lowest BCUT2D eigenvalue weighted by molar-refractivity contribution is -0.144. The monoisotopic (exact) mass is 306 g/mol. The summed E-state index contributed by atoms with van der Waals surface area (Å²) in [4.78, 5) is 23.0. The zero-order valence-corrected chi connectivity index (χ0v) is 13.2. The number of hydrogen-bond donors (Lipinski definition) is 1. The van der Waals surface area contributed by atoms with Crippen LogP contribution in [-0.4, -0.2) is 35.4 Å². The quantitative estimate of drug-likeness (QED) is 0.456. The highest BCUT2D eigenvalue weighted by Gasteiger charge is 2.42. The van der Waals surface area contributed by atoms with Crippen molar-refractivity contribution in [1.82, 2.24) is 0 Å². The second-order valence-corrected chi connectivity index (χ2v) is 5.99. The number of ether oxygens (including phenoxy) is 2. The molecule has 0 saturated carbocycles. The normalized spacial score (nSPS) is 32.5. The Morgan fingerprint density at radius 2 is 2.14 bits per heavy atom. The largest absolute Gasteiger partial charge is 0.458 e. The van der Waals surface area contributed by atoms with Crippen molar-refractivity contribution in [3.63, 3.8) is 0 Å². The molecule has 0 aromatic carbocycles. The molecule has 0 aromatic heterocycles. The predicted molar refractivity (Wildman–Crippen MR) is 80.8 cm³/mol. The Labute approximate surface area is 130 Å². The average Bonchev–Trinajstić information content (AvgIpc) is 2.68. The van der Waals surface area contributed by atoms with Gasteiger partial charge in [-0.1, -0.05) is 18.2 Å². The van der Waals surface area contributed by atoms with Crippen molar-refractivity contribution in [2.45, 2.75) is 51.9 Å². The van der Waals surface area contributed by atoms with Crippen molar-refractivity contribution in [1.29, 1.82) is 0 Å². The van der Waals surface area contributed by atoms with Crippen molar-refractivity contribution in [2.75, 3.05) is 0 Å². The van der Waals surface area contributed by atoms with Crippen molar-refractivity contribution in [3.8, 4) is 0 Å². The molecule has 5 heteroatoms. The van der Waals surface area contributed by atoms with E-state index in [1.165, 1.54) is 6.92 Å². The standard InChI is InChI=1S/C17H22O5/c1-9-5-6-14(21-12(4)18)10(2)8-15-16(13(19)7-9)11(3)17(20)22-15/h5,8,13-16,19H,3,6-7H2,1-2,4H3. The van der Waals surface area contributed by atoms with Gasteiger partial charge in [-0.3, -0.25) is 4.79 Å². The van der Waals surface area contributed by atoms with Crippen molar-refractivity contribution in [3.05, 3.63) is 35.5 Å². The first-order chi connectivity index (χ1) is 10.3. The minimum Gasteiger partial charge on any atom is -0.458 e. The lowest BCUT2D eigenvalue weighted by atomic mass is 9.85. The summed E-state index contributed by atoms with van der Waals surface area (Å²) >= 11 is 0. The minimum atomic E-state index is -0.727. The summed E-state index contributed by atoms with van der Waals surface area (Å²) in [5.41, 5.74) is 2.06. The smallest absolute Gasteiger partial charge is 0.334 e. The van der Waals surface area contributed by atoms with Crippen LogP contribution >= 0.6 is 0 Å². The molecule has 4 atom stereocenters. The molecule has 0 aromatic rings. The van der Waals surface area contributed by atoms with Gasteiger partial charge in [0, 0.05) is 18.9 Å². The second kappa shape index (κ2) is 6.48. The van der Waals surface area contributed by atoms with E-state index in [-0.39, 0.29) is 5.97 Å². The number of carbonyl (C=O) groups is 2. The van der Waals surface area contributed by atoms with Crippen LogP contribution in [0.25, 0.3) is 0 Å². The van der Waals surface area contributed by atoms with Crippen LogP contribution < -0.4 is 0 Å². The summed E-state index contributed by atoms with van der Waals surface area (Å²) in [6, 6.07) is 0. The molecule has 1 aliphatic heterocycles. The molecule has 0 spiro atoms. The SMILES string of the molecule is C=C1C(=O)OC2C=C(C)C(OC(C)=O)CC=C(C)CC(O)C12. The first-order valence-corrected chi connectivity index (χ1v) is 7.38. The van der Waals surface area contributed by atoms with Crippen LogP contribution in [0.3, 0.4) is 0 Å². The molecular weight excluding hydrogens is 284 g/mol. The first-order valence-electron chi connectivity index (χ1n) is 7.38. The molecule has 1 aliphatic carbocycles. The lowest BCUT2D eigenvalue weighted by Gasteiger charge is -2.25. The van der Waals surface area contributed by atoms with E-state index in [1.807, 2.05) is 19.9 Å². The predicted octanol–water partition coefficient (Wildman–Crippen LogP) is 2.06. The van der Waals surface area contributed by atoms with Crippen LogP contribution in [-0.2, 0) is 19.1 Å². The fourth-order valence-electron chi connectivity index (χ4n) is 2.94. The van der Waals surface area contributed by atoms with E-state index in [0.717, 1.165) is 11.1 Å². The number of fused-ring (bicyclic) bond motifs is 1. The Morgan fingerprint density at radius 3 is 2.77 bits per heavy atom. The van der Waals surface area contributed by atoms with Crippen LogP contribution in [0.1, 0.15) is 33.6 Å². The topological polar surface area (TPSA) is 72.8 Å². The van der Waals surface area contributed by atoms with Crippen LogP contribution in [0.15, 0.2) is 35.5 Å². The highest BCUT2D eigenvalue weighted by molar-refractivity contribution is 5.91. The number of esters is 2. The van der Waals surface area contributed by atoms with Crippen LogP contribution in [0.5, 0.6) is 0 Å². The molecule has 0 amide bonds. The van der Waals surface area contributed by atoms with E-state index < -0.39 is 30.2 Å². The van der Waals surface area contributed by atoms with Gasteiger partial charge in [0.05, 0.1) is 12.0 Å². The molecular formula is C17H22O5. The van der Waals surface area contributed by atoms with Crippen LogP contribution in [0.2, 0.25) is 0 Å². The average molecular weight is 306 g/mol. The number of aliphatic hydroxyl groups excluding tert-OH is 1. The van der Waals surface area contributed by atoms with Gasteiger partial charge < -0.3 is 14.6 Å². The molecule has 1 heterocycles. The van der Waals surface area contributed by atoms with Gasteiger partial charge in [-0.15, -0.1) is 0 Å². The zero-order chi connectivity index (χ0) is 16.4. The van der Waals surface area contributed by atoms with E-state index in [0.29, 0.717) is 18.4 Å². The highest BCUT2D eigenvalue weighted by Crippen LogP contribution is 2.34. The summed E-state index contributed by atoms with van der Waals surface area (Å²) in [7, 11) is 0. The van der Waals surface area contributed by atoms with Crippen LogP contribution in [0.4, 0.5) is 0 Å². The maximum absolute atomic E-state index is 11.8. The van der Waals surface area contributed by atoms with Gasteiger partial charge in [0.15, 0.2) is 0 Å². The molecule has 1 fully saturated rings. The molecule has 120 valence electrons. The molecule has 1 saturated heterocycles. The summed E-state index contributed by atoms with van der Waals surface area (Å²) < 4.78 is 10.6. The Kier molecular flexibility index (Phi) is 4.86. The van der Waals surface area contributed by atoms with Gasteiger partial charge in [0.2, 0.25) is 0 Å². The molecule has 22 heavy (non-hydrogen) atoms. The molecule has 2 aliphatic rings.